The van der Waals surface area contributed by atoms with Gasteiger partial charge in [-0.3, -0.25) is 9.88 Å². The van der Waals surface area contributed by atoms with Crippen LogP contribution in [0.15, 0.2) is 24.4 Å². The summed E-state index contributed by atoms with van der Waals surface area (Å²) < 4.78 is 0. The van der Waals surface area contributed by atoms with Crippen molar-refractivity contribution in [3.63, 3.8) is 0 Å². The molecule has 1 N–H and O–H groups in total. The fraction of sp³-hybridized carbons (Fsp3) is 0.667. The highest BCUT2D eigenvalue weighted by atomic mass is 15.2. The fourth-order valence-electron chi connectivity index (χ4n) is 2.56. The largest absolute Gasteiger partial charge is 0.314 e. The zero-order valence-electron chi connectivity index (χ0n) is 12.0. The van der Waals surface area contributed by atoms with Crippen LogP contribution >= 0.6 is 0 Å². The van der Waals surface area contributed by atoms with Crippen LogP contribution in [0.1, 0.15) is 33.4 Å². The average molecular weight is 247 g/mol. The predicted octanol–water partition coefficient (Wildman–Crippen LogP) is 2.29. The topological polar surface area (TPSA) is 28.2 Å². The highest BCUT2D eigenvalue weighted by Gasteiger charge is 2.35. The van der Waals surface area contributed by atoms with E-state index < -0.39 is 0 Å². The lowest BCUT2D eigenvalue weighted by atomic mass is 9.92. The molecule has 3 heteroatoms. The molecule has 1 aromatic heterocycles. The maximum atomic E-state index is 4.45. The molecule has 1 aliphatic heterocycles. The Balaban J connectivity index is 2.16. The summed E-state index contributed by atoms with van der Waals surface area (Å²) in [5, 5.41) is 3.58. The molecule has 0 spiro atoms. The molecule has 2 heterocycles. The molecule has 1 aromatic rings. The van der Waals surface area contributed by atoms with E-state index in [0.717, 1.165) is 31.9 Å². The minimum Gasteiger partial charge on any atom is -0.314 e. The number of hydrogen-bond donors (Lipinski definition) is 1. The molecular formula is C15H25N3. The van der Waals surface area contributed by atoms with Crippen LogP contribution in [0.5, 0.6) is 0 Å². The lowest BCUT2D eigenvalue weighted by molar-refractivity contribution is 0.0906. The molecule has 0 saturated carbocycles. The summed E-state index contributed by atoms with van der Waals surface area (Å²) in [5.74, 6) is 0. The lowest BCUT2D eigenvalue weighted by Gasteiger charge is -2.39. The number of hydrogen-bond acceptors (Lipinski definition) is 3. The number of pyridine rings is 1. The van der Waals surface area contributed by atoms with Crippen molar-refractivity contribution in [2.45, 2.75) is 39.8 Å². The van der Waals surface area contributed by atoms with E-state index in [1.807, 2.05) is 12.3 Å². The predicted molar refractivity (Wildman–Crippen MR) is 75.4 cm³/mol. The summed E-state index contributed by atoms with van der Waals surface area (Å²) in [4.78, 5) is 7.01. The van der Waals surface area contributed by atoms with Crippen molar-refractivity contribution >= 4 is 0 Å². The van der Waals surface area contributed by atoms with E-state index in [4.69, 9.17) is 0 Å². The van der Waals surface area contributed by atoms with Crippen molar-refractivity contribution in [1.82, 2.24) is 15.2 Å². The van der Waals surface area contributed by atoms with Gasteiger partial charge in [-0.1, -0.05) is 19.9 Å². The van der Waals surface area contributed by atoms with Crippen molar-refractivity contribution in [1.29, 1.82) is 0 Å². The van der Waals surface area contributed by atoms with E-state index in [9.17, 15) is 0 Å². The summed E-state index contributed by atoms with van der Waals surface area (Å²) in [6.45, 7) is 13.4. The van der Waals surface area contributed by atoms with Gasteiger partial charge in [-0.25, -0.2) is 0 Å². The molecule has 18 heavy (non-hydrogen) atoms. The first kappa shape index (κ1) is 13.5. The van der Waals surface area contributed by atoms with Gasteiger partial charge in [0.05, 0.1) is 5.69 Å². The molecule has 0 bridgehead atoms. The van der Waals surface area contributed by atoms with Crippen molar-refractivity contribution in [2.24, 2.45) is 5.41 Å². The van der Waals surface area contributed by atoms with Crippen LogP contribution in [0.2, 0.25) is 0 Å². The first-order valence-electron chi connectivity index (χ1n) is 6.75. The van der Waals surface area contributed by atoms with Crippen LogP contribution in [0.3, 0.4) is 0 Å². The summed E-state index contributed by atoms with van der Waals surface area (Å²) in [6, 6.07) is 6.15. The van der Waals surface area contributed by atoms with Crippen LogP contribution in [-0.2, 0) is 6.54 Å². The molecule has 0 aliphatic carbocycles. The normalized spacial score (nSPS) is 23.6. The third-order valence-electron chi connectivity index (χ3n) is 3.72. The number of nitrogens with zero attached hydrogens (tertiary/aromatic N) is 2. The third-order valence-corrected chi connectivity index (χ3v) is 3.72. The summed E-state index contributed by atoms with van der Waals surface area (Å²) in [6.07, 6.45) is 1.88. The first-order chi connectivity index (χ1) is 8.39. The monoisotopic (exact) mass is 247 g/mol. The van der Waals surface area contributed by atoms with Gasteiger partial charge >= 0.3 is 0 Å². The Morgan fingerprint density at radius 1 is 1.22 bits per heavy atom. The van der Waals surface area contributed by atoms with Gasteiger partial charge in [0.15, 0.2) is 0 Å². The van der Waals surface area contributed by atoms with E-state index in [0.29, 0.717) is 5.41 Å². The van der Waals surface area contributed by atoms with Gasteiger partial charge < -0.3 is 5.32 Å². The Kier molecular flexibility index (Phi) is 3.74. The molecule has 1 fully saturated rings. The van der Waals surface area contributed by atoms with Crippen LogP contribution < -0.4 is 5.32 Å². The van der Waals surface area contributed by atoms with Crippen LogP contribution in [0.25, 0.3) is 0 Å². The molecular weight excluding hydrogens is 222 g/mol. The molecule has 1 saturated heterocycles. The SMILES string of the molecule is CC1(C)CNCC(C)(C)N(Cc2ccccn2)C1. The van der Waals surface area contributed by atoms with Gasteiger partial charge in [-0.2, -0.15) is 0 Å². The quantitative estimate of drug-likeness (QED) is 0.869. The van der Waals surface area contributed by atoms with Crippen molar-refractivity contribution in [3.05, 3.63) is 30.1 Å². The van der Waals surface area contributed by atoms with Crippen molar-refractivity contribution < 1.29 is 0 Å². The van der Waals surface area contributed by atoms with E-state index >= 15 is 0 Å². The fourth-order valence-corrected chi connectivity index (χ4v) is 2.56. The minimum absolute atomic E-state index is 0.172. The van der Waals surface area contributed by atoms with Crippen LogP contribution in [-0.4, -0.2) is 35.1 Å². The Morgan fingerprint density at radius 2 is 2.00 bits per heavy atom. The number of rotatable bonds is 2. The Bertz CT molecular complexity index is 384. The molecule has 0 aromatic carbocycles. The zero-order valence-corrected chi connectivity index (χ0v) is 12.0. The third kappa shape index (κ3) is 3.30. The maximum absolute atomic E-state index is 4.45. The smallest absolute Gasteiger partial charge is 0.0544 e. The summed E-state index contributed by atoms with van der Waals surface area (Å²) >= 11 is 0. The van der Waals surface area contributed by atoms with E-state index in [-0.39, 0.29) is 5.54 Å². The van der Waals surface area contributed by atoms with Crippen LogP contribution in [0.4, 0.5) is 0 Å². The van der Waals surface area contributed by atoms with Gasteiger partial charge in [-0.15, -0.1) is 0 Å². The van der Waals surface area contributed by atoms with Gasteiger partial charge in [-0.05, 0) is 31.4 Å². The molecule has 100 valence electrons. The molecule has 1 aliphatic rings. The van der Waals surface area contributed by atoms with Crippen molar-refractivity contribution in [2.75, 3.05) is 19.6 Å². The second kappa shape index (κ2) is 4.98. The van der Waals surface area contributed by atoms with E-state index in [1.54, 1.807) is 0 Å². The Morgan fingerprint density at radius 3 is 2.67 bits per heavy atom. The zero-order chi connectivity index (χ0) is 13.2. The molecule has 3 nitrogen and oxygen atoms in total. The van der Waals surface area contributed by atoms with Gasteiger partial charge in [0.2, 0.25) is 0 Å². The second-order valence-electron chi connectivity index (χ2n) is 6.76. The average Bonchev–Trinajstić information content (AvgIpc) is 2.37. The summed E-state index contributed by atoms with van der Waals surface area (Å²) in [5.41, 5.74) is 1.64. The van der Waals surface area contributed by atoms with Crippen LogP contribution in [0, 0.1) is 5.41 Å². The highest BCUT2D eigenvalue weighted by Crippen LogP contribution is 2.26. The highest BCUT2D eigenvalue weighted by molar-refractivity contribution is 5.05. The van der Waals surface area contributed by atoms with Gasteiger partial charge in [0, 0.05) is 37.9 Å². The van der Waals surface area contributed by atoms with Gasteiger partial charge in [0.25, 0.3) is 0 Å². The molecule has 0 amide bonds. The maximum Gasteiger partial charge on any atom is 0.0544 e. The lowest BCUT2D eigenvalue weighted by Crippen LogP contribution is -2.49. The van der Waals surface area contributed by atoms with Crippen molar-refractivity contribution in [3.8, 4) is 0 Å². The Hall–Kier alpha value is -0.930. The minimum atomic E-state index is 0.172. The number of nitrogens with one attached hydrogen (secondary N) is 1. The molecule has 0 radical (unpaired) electrons. The molecule has 0 unspecified atom stereocenters. The Labute approximate surface area is 111 Å². The molecule has 2 rings (SSSR count). The summed E-state index contributed by atoms with van der Waals surface area (Å²) in [7, 11) is 0. The second-order valence-corrected chi connectivity index (χ2v) is 6.76. The van der Waals surface area contributed by atoms with E-state index in [1.165, 1.54) is 0 Å². The first-order valence-corrected chi connectivity index (χ1v) is 6.75. The van der Waals surface area contributed by atoms with E-state index in [2.05, 4.69) is 55.0 Å². The standard InChI is InChI=1S/C15H25N3/c1-14(2)10-16-11-15(3,4)18(12-14)9-13-7-5-6-8-17-13/h5-8,16H,9-12H2,1-4H3. The van der Waals surface area contributed by atoms with Gasteiger partial charge in [0.1, 0.15) is 0 Å². The molecule has 0 atom stereocenters. The number of aromatic nitrogens is 1.